The van der Waals surface area contributed by atoms with Crippen molar-refractivity contribution in [3.63, 3.8) is 0 Å². The van der Waals surface area contributed by atoms with E-state index in [2.05, 4.69) is 13.8 Å². The first-order valence-electron chi connectivity index (χ1n) is 5.95. The van der Waals surface area contributed by atoms with Gasteiger partial charge in [0.05, 0.1) is 19.3 Å². The molecule has 0 saturated carbocycles. The average molecular weight is 241 g/mol. The van der Waals surface area contributed by atoms with Crippen LogP contribution in [0.1, 0.15) is 20.3 Å². The Morgan fingerprint density at radius 3 is 3.12 bits per heavy atom. The molecule has 0 aromatic heterocycles. The van der Waals surface area contributed by atoms with Gasteiger partial charge in [-0.05, 0) is 6.04 Å². The SMILES string of the molecule is CC(C)[Si]CC1CC2COCCN2C(=O)O1. The first kappa shape index (κ1) is 11.9. The summed E-state index contributed by atoms with van der Waals surface area (Å²) in [5, 5.41) is 0. The molecule has 0 N–H and O–H groups in total. The molecule has 90 valence electrons. The maximum Gasteiger partial charge on any atom is 0.410 e. The molecule has 4 nitrogen and oxygen atoms in total. The summed E-state index contributed by atoms with van der Waals surface area (Å²) in [4.78, 5) is 13.6. The molecule has 0 aromatic carbocycles. The van der Waals surface area contributed by atoms with E-state index in [-0.39, 0.29) is 18.2 Å². The third kappa shape index (κ3) is 2.77. The molecule has 0 aliphatic carbocycles. The normalized spacial score (nSPS) is 30.2. The summed E-state index contributed by atoms with van der Waals surface area (Å²) in [5.74, 6) is 0. The lowest BCUT2D eigenvalue weighted by Gasteiger charge is -2.41. The number of nitrogens with zero attached hydrogens (tertiary/aromatic N) is 1. The van der Waals surface area contributed by atoms with E-state index in [0.717, 1.165) is 22.0 Å². The first-order chi connectivity index (χ1) is 7.66. The number of hydrogen-bond acceptors (Lipinski definition) is 3. The fourth-order valence-electron chi connectivity index (χ4n) is 2.14. The van der Waals surface area contributed by atoms with Crippen LogP contribution in [-0.4, -0.2) is 52.4 Å². The molecule has 5 heteroatoms. The zero-order valence-corrected chi connectivity index (χ0v) is 10.9. The van der Waals surface area contributed by atoms with Crippen molar-refractivity contribution in [3.05, 3.63) is 0 Å². The molecule has 2 radical (unpaired) electrons. The Kier molecular flexibility index (Phi) is 3.86. The van der Waals surface area contributed by atoms with Crippen LogP contribution in [0.15, 0.2) is 0 Å². The molecule has 2 saturated heterocycles. The Hall–Kier alpha value is -0.553. The summed E-state index contributed by atoms with van der Waals surface area (Å²) in [6.45, 7) is 6.42. The number of ether oxygens (including phenoxy) is 2. The van der Waals surface area contributed by atoms with Crippen LogP contribution in [0.4, 0.5) is 4.79 Å². The van der Waals surface area contributed by atoms with Crippen molar-refractivity contribution >= 4 is 15.6 Å². The molecule has 2 aliphatic rings. The molecule has 0 bridgehead atoms. The zero-order valence-electron chi connectivity index (χ0n) is 9.94. The maximum absolute atomic E-state index is 11.7. The molecule has 2 aliphatic heterocycles. The van der Waals surface area contributed by atoms with E-state index in [1.165, 1.54) is 0 Å². The fourth-order valence-corrected chi connectivity index (χ4v) is 3.13. The summed E-state index contributed by atoms with van der Waals surface area (Å²) in [6, 6.07) is 1.25. The zero-order chi connectivity index (χ0) is 11.5. The number of fused-ring (bicyclic) bond motifs is 1. The standard InChI is InChI=1S/C11H19NO3Si/c1-8(2)16-7-10-5-9-6-14-4-3-12(9)11(13)15-10/h8-10H,3-7H2,1-2H3. The molecule has 2 rings (SSSR count). The van der Waals surface area contributed by atoms with Crippen molar-refractivity contribution in [1.29, 1.82) is 0 Å². The van der Waals surface area contributed by atoms with Crippen LogP contribution in [0.3, 0.4) is 0 Å². The monoisotopic (exact) mass is 241 g/mol. The van der Waals surface area contributed by atoms with Crippen molar-refractivity contribution in [1.82, 2.24) is 4.90 Å². The van der Waals surface area contributed by atoms with Gasteiger partial charge in [0.2, 0.25) is 0 Å². The molecule has 2 unspecified atom stereocenters. The Morgan fingerprint density at radius 1 is 1.56 bits per heavy atom. The second kappa shape index (κ2) is 5.18. The maximum atomic E-state index is 11.7. The van der Waals surface area contributed by atoms with E-state index in [9.17, 15) is 4.79 Å². The lowest BCUT2D eigenvalue weighted by atomic mass is 10.1. The summed E-state index contributed by atoms with van der Waals surface area (Å²) in [5.41, 5.74) is 0.694. The molecule has 2 fully saturated rings. The van der Waals surface area contributed by atoms with E-state index in [4.69, 9.17) is 9.47 Å². The van der Waals surface area contributed by atoms with Gasteiger partial charge in [0.1, 0.15) is 6.10 Å². The van der Waals surface area contributed by atoms with Gasteiger partial charge in [-0.3, -0.25) is 0 Å². The van der Waals surface area contributed by atoms with Gasteiger partial charge < -0.3 is 14.4 Å². The number of hydrogen-bond donors (Lipinski definition) is 0. The summed E-state index contributed by atoms with van der Waals surface area (Å²) in [6.07, 6.45) is 0.903. The molecular formula is C11H19NO3Si. The predicted molar refractivity (Wildman–Crippen MR) is 61.9 cm³/mol. The molecule has 0 spiro atoms. The Bertz CT molecular complexity index is 260. The molecule has 2 heterocycles. The lowest BCUT2D eigenvalue weighted by Crippen LogP contribution is -2.54. The summed E-state index contributed by atoms with van der Waals surface area (Å²) < 4.78 is 10.9. The largest absolute Gasteiger partial charge is 0.446 e. The fraction of sp³-hybridized carbons (Fsp3) is 0.909. The van der Waals surface area contributed by atoms with E-state index < -0.39 is 0 Å². The topological polar surface area (TPSA) is 38.8 Å². The highest BCUT2D eigenvalue weighted by atomic mass is 28.2. The van der Waals surface area contributed by atoms with Crippen molar-refractivity contribution in [2.45, 2.75) is 44.0 Å². The van der Waals surface area contributed by atoms with E-state index in [0.29, 0.717) is 25.3 Å². The number of amides is 1. The molecular weight excluding hydrogens is 222 g/mol. The number of carbonyl (C=O) groups excluding carboxylic acids is 1. The molecule has 0 aromatic rings. The van der Waals surface area contributed by atoms with Crippen LogP contribution >= 0.6 is 0 Å². The third-order valence-corrected chi connectivity index (χ3v) is 4.53. The molecule has 1 amide bonds. The number of rotatable bonds is 3. The van der Waals surface area contributed by atoms with Crippen LogP contribution < -0.4 is 0 Å². The van der Waals surface area contributed by atoms with Crippen molar-refractivity contribution in [2.75, 3.05) is 19.8 Å². The van der Waals surface area contributed by atoms with Gasteiger partial charge in [0.15, 0.2) is 0 Å². The van der Waals surface area contributed by atoms with Gasteiger partial charge in [-0.15, -0.1) is 0 Å². The van der Waals surface area contributed by atoms with Gasteiger partial charge >= 0.3 is 6.09 Å². The lowest BCUT2D eigenvalue weighted by molar-refractivity contribution is -0.0593. The third-order valence-electron chi connectivity index (χ3n) is 3.02. The van der Waals surface area contributed by atoms with Crippen LogP contribution in [0.5, 0.6) is 0 Å². The van der Waals surface area contributed by atoms with E-state index >= 15 is 0 Å². The van der Waals surface area contributed by atoms with Crippen LogP contribution in [-0.2, 0) is 9.47 Å². The summed E-state index contributed by atoms with van der Waals surface area (Å²) >= 11 is 0. The minimum Gasteiger partial charge on any atom is -0.446 e. The Labute approximate surface area is 99.1 Å². The molecule has 2 atom stereocenters. The van der Waals surface area contributed by atoms with Crippen molar-refractivity contribution in [2.24, 2.45) is 0 Å². The van der Waals surface area contributed by atoms with Crippen molar-refractivity contribution < 1.29 is 14.3 Å². The van der Waals surface area contributed by atoms with Crippen LogP contribution in [0.25, 0.3) is 0 Å². The van der Waals surface area contributed by atoms with Gasteiger partial charge in [-0.2, -0.15) is 0 Å². The first-order valence-corrected chi connectivity index (χ1v) is 7.23. The highest BCUT2D eigenvalue weighted by Crippen LogP contribution is 2.24. The average Bonchev–Trinajstić information content (AvgIpc) is 2.26. The van der Waals surface area contributed by atoms with E-state index in [1.54, 1.807) is 0 Å². The second-order valence-corrected chi connectivity index (χ2v) is 6.70. The van der Waals surface area contributed by atoms with Gasteiger partial charge in [-0.25, -0.2) is 4.79 Å². The minimum absolute atomic E-state index is 0.108. The molecule has 16 heavy (non-hydrogen) atoms. The van der Waals surface area contributed by atoms with Gasteiger partial charge in [0, 0.05) is 22.5 Å². The minimum atomic E-state index is -0.141. The van der Waals surface area contributed by atoms with Crippen LogP contribution in [0.2, 0.25) is 11.6 Å². The van der Waals surface area contributed by atoms with Gasteiger partial charge in [-0.1, -0.05) is 19.4 Å². The number of carbonyl (C=O) groups is 1. The van der Waals surface area contributed by atoms with Crippen LogP contribution in [0, 0.1) is 0 Å². The van der Waals surface area contributed by atoms with Gasteiger partial charge in [0.25, 0.3) is 0 Å². The van der Waals surface area contributed by atoms with E-state index in [1.807, 2.05) is 4.90 Å². The number of morpholine rings is 1. The quantitative estimate of drug-likeness (QED) is 0.704. The predicted octanol–water partition coefficient (Wildman–Crippen LogP) is 1.55. The Morgan fingerprint density at radius 2 is 2.38 bits per heavy atom. The highest BCUT2D eigenvalue weighted by molar-refractivity contribution is 6.37. The highest BCUT2D eigenvalue weighted by Gasteiger charge is 2.36. The second-order valence-electron chi connectivity index (χ2n) is 4.73. The number of cyclic esters (lactones) is 1. The Balaban J connectivity index is 1.87. The summed E-state index contributed by atoms with van der Waals surface area (Å²) in [7, 11) is 0.875. The smallest absolute Gasteiger partial charge is 0.410 e. The van der Waals surface area contributed by atoms with Crippen molar-refractivity contribution in [3.8, 4) is 0 Å².